The van der Waals surface area contributed by atoms with Gasteiger partial charge in [0.2, 0.25) is 5.95 Å². The molecule has 0 fully saturated rings. The van der Waals surface area contributed by atoms with Gasteiger partial charge in [-0.1, -0.05) is 11.6 Å². The van der Waals surface area contributed by atoms with Crippen molar-refractivity contribution in [2.75, 3.05) is 43.5 Å². The Morgan fingerprint density at radius 3 is 2.94 bits per heavy atom. The van der Waals surface area contributed by atoms with Crippen LogP contribution in [0.15, 0.2) is 6.20 Å². The van der Waals surface area contributed by atoms with Crippen LogP contribution in [0.2, 0.25) is 5.02 Å². The first-order chi connectivity index (χ1) is 8.77. The highest BCUT2D eigenvalue weighted by atomic mass is 35.5. The molecule has 0 spiro atoms. The van der Waals surface area contributed by atoms with E-state index in [2.05, 4.69) is 20.6 Å². The van der Waals surface area contributed by atoms with Gasteiger partial charge in [-0.3, -0.25) is 0 Å². The smallest absolute Gasteiger partial charge is 0.224 e. The molecule has 0 radical (unpaired) electrons. The average molecular weight is 275 g/mol. The molecule has 0 aliphatic rings. The summed E-state index contributed by atoms with van der Waals surface area (Å²) >= 11 is 5.98. The molecule has 0 aliphatic heterocycles. The Kier molecular flexibility index (Phi) is 7.40. The van der Waals surface area contributed by atoms with Crippen LogP contribution in [0.4, 0.5) is 11.8 Å². The predicted octanol–water partition coefficient (Wildman–Crippen LogP) is 1.37. The van der Waals surface area contributed by atoms with Gasteiger partial charge >= 0.3 is 0 Å². The van der Waals surface area contributed by atoms with Crippen molar-refractivity contribution < 1.29 is 9.84 Å². The van der Waals surface area contributed by atoms with Gasteiger partial charge in [-0.05, 0) is 13.3 Å². The molecule has 102 valence electrons. The van der Waals surface area contributed by atoms with Gasteiger partial charge in [-0.25, -0.2) is 4.98 Å². The molecular formula is C11H19ClN4O2. The van der Waals surface area contributed by atoms with Crippen LogP contribution in [0.25, 0.3) is 0 Å². The number of ether oxygens (including phenoxy) is 1. The van der Waals surface area contributed by atoms with Gasteiger partial charge in [0, 0.05) is 19.7 Å². The number of halogens is 1. The lowest BCUT2D eigenvalue weighted by molar-refractivity contribution is 0.0922. The zero-order valence-corrected chi connectivity index (χ0v) is 11.2. The number of rotatable bonds is 9. The van der Waals surface area contributed by atoms with Crippen molar-refractivity contribution in [3.05, 3.63) is 11.2 Å². The molecule has 3 N–H and O–H groups in total. The molecule has 1 rings (SSSR count). The molecule has 0 atom stereocenters. The third kappa shape index (κ3) is 5.48. The molecule has 0 aromatic carbocycles. The molecular weight excluding hydrogens is 256 g/mol. The van der Waals surface area contributed by atoms with E-state index in [4.69, 9.17) is 21.4 Å². The lowest BCUT2D eigenvalue weighted by Crippen LogP contribution is -2.10. The van der Waals surface area contributed by atoms with Gasteiger partial charge in [-0.15, -0.1) is 0 Å². The topological polar surface area (TPSA) is 79.3 Å². The van der Waals surface area contributed by atoms with E-state index >= 15 is 0 Å². The number of anilines is 2. The molecule has 6 nitrogen and oxygen atoms in total. The molecule has 1 heterocycles. The second-order valence-corrected chi connectivity index (χ2v) is 3.94. The van der Waals surface area contributed by atoms with Crippen molar-refractivity contribution in [3.63, 3.8) is 0 Å². The van der Waals surface area contributed by atoms with E-state index in [1.165, 1.54) is 0 Å². The summed E-state index contributed by atoms with van der Waals surface area (Å²) < 4.78 is 5.15. The van der Waals surface area contributed by atoms with E-state index < -0.39 is 0 Å². The van der Waals surface area contributed by atoms with Crippen LogP contribution >= 0.6 is 11.6 Å². The summed E-state index contributed by atoms with van der Waals surface area (Å²) in [4.78, 5) is 8.30. The average Bonchev–Trinajstić information content (AvgIpc) is 2.37. The number of aliphatic hydroxyl groups is 1. The third-order valence-corrected chi connectivity index (χ3v) is 2.35. The Labute approximate surface area is 112 Å². The number of nitrogens with zero attached hydrogens (tertiary/aromatic N) is 2. The van der Waals surface area contributed by atoms with Crippen LogP contribution in [-0.4, -0.2) is 48.0 Å². The molecule has 0 saturated carbocycles. The maximum Gasteiger partial charge on any atom is 0.224 e. The van der Waals surface area contributed by atoms with Crippen molar-refractivity contribution in [2.24, 2.45) is 0 Å². The van der Waals surface area contributed by atoms with Crippen LogP contribution in [-0.2, 0) is 4.74 Å². The third-order valence-electron chi connectivity index (χ3n) is 2.07. The molecule has 18 heavy (non-hydrogen) atoms. The fourth-order valence-corrected chi connectivity index (χ4v) is 1.44. The highest BCUT2D eigenvalue weighted by molar-refractivity contribution is 6.32. The Hall–Kier alpha value is -1.11. The zero-order valence-electron chi connectivity index (χ0n) is 10.4. The number of hydrogen-bond donors (Lipinski definition) is 3. The Morgan fingerprint density at radius 1 is 1.39 bits per heavy atom. The van der Waals surface area contributed by atoms with Gasteiger partial charge in [0.15, 0.2) is 0 Å². The molecule has 1 aromatic rings. The number of nitrogens with one attached hydrogen (secondary N) is 2. The molecule has 7 heteroatoms. The summed E-state index contributed by atoms with van der Waals surface area (Å²) in [5, 5.41) is 15.2. The molecule has 0 aliphatic carbocycles. The maximum atomic E-state index is 8.54. The first-order valence-corrected chi connectivity index (χ1v) is 6.34. The summed E-state index contributed by atoms with van der Waals surface area (Å²) in [5.74, 6) is 1.17. The standard InChI is InChI=1S/C11H19ClN4O2/c1-2-13-11-15-8-9(12)10(16-11)14-4-3-6-18-7-5-17/h8,17H,2-7H2,1H3,(H2,13,14,15,16). The Bertz CT molecular complexity index is 352. The van der Waals surface area contributed by atoms with Crippen LogP contribution in [0.5, 0.6) is 0 Å². The zero-order chi connectivity index (χ0) is 13.2. The normalized spacial score (nSPS) is 10.4. The Morgan fingerprint density at radius 2 is 2.22 bits per heavy atom. The highest BCUT2D eigenvalue weighted by Gasteiger charge is 2.03. The minimum Gasteiger partial charge on any atom is -0.394 e. The molecule has 0 unspecified atom stereocenters. The molecule has 0 saturated heterocycles. The van der Waals surface area contributed by atoms with E-state index in [9.17, 15) is 0 Å². The lowest BCUT2D eigenvalue weighted by Gasteiger charge is -2.09. The number of aliphatic hydroxyl groups excluding tert-OH is 1. The van der Waals surface area contributed by atoms with Crippen LogP contribution in [0, 0.1) is 0 Å². The fraction of sp³-hybridized carbons (Fsp3) is 0.636. The van der Waals surface area contributed by atoms with Gasteiger partial charge in [0.05, 0.1) is 19.4 Å². The SMILES string of the molecule is CCNc1ncc(Cl)c(NCCCOCCO)n1. The fourth-order valence-electron chi connectivity index (χ4n) is 1.28. The Balaban J connectivity index is 2.34. The van der Waals surface area contributed by atoms with Crippen molar-refractivity contribution in [1.29, 1.82) is 0 Å². The second-order valence-electron chi connectivity index (χ2n) is 3.54. The monoisotopic (exact) mass is 274 g/mol. The summed E-state index contributed by atoms with van der Waals surface area (Å²) in [7, 11) is 0. The van der Waals surface area contributed by atoms with Crippen molar-refractivity contribution in [2.45, 2.75) is 13.3 Å². The van der Waals surface area contributed by atoms with Crippen LogP contribution in [0.3, 0.4) is 0 Å². The number of hydrogen-bond acceptors (Lipinski definition) is 6. The summed E-state index contributed by atoms with van der Waals surface area (Å²) in [6.07, 6.45) is 2.38. The van der Waals surface area contributed by atoms with Crippen molar-refractivity contribution in [1.82, 2.24) is 9.97 Å². The first kappa shape index (κ1) is 14.9. The summed E-state index contributed by atoms with van der Waals surface area (Å²) in [6.45, 7) is 4.46. The van der Waals surface area contributed by atoms with E-state index in [1.54, 1.807) is 6.20 Å². The van der Waals surface area contributed by atoms with Gasteiger partial charge in [-0.2, -0.15) is 4.98 Å². The quantitative estimate of drug-likeness (QED) is 0.590. The van der Waals surface area contributed by atoms with E-state index in [0.717, 1.165) is 13.0 Å². The van der Waals surface area contributed by atoms with E-state index in [-0.39, 0.29) is 6.61 Å². The number of aromatic nitrogens is 2. The minimum atomic E-state index is 0.0528. The molecule has 0 bridgehead atoms. The molecule has 1 aromatic heterocycles. The first-order valence-electron chi connectivity index (χ1n) is 5.96. The summed E-state index contributed by atoms with van der Waals surface area (Å²) in [6, 6.07) is 0. The summed E-state index contributed by atoms with van der Waals surface area (Å²) in [5.41, 5.74) is 0. The highest BCUT2D eigenvalue weighted by Crippen LogP contribution is 2.19. The van der Waals surface area contributed by atoms with Gasteiger partial charge < -0.3 is 20.5 Å². The van der Waals surface area contributed by atoms with Gasteiger partial charge in [0.25, 0.3) is 0 Å². The van der Waals surface area contributed by atoms with E-state index in [1.807, 2.05) is 6.92 Å². The van der Waals surface area contributed by atoms with Crippen molar-refractivity contribution in [3.8, 4) is 0 Å². The molecule has 0 amide bonds. The van der Waals surface area contributed by atoms with Crippen LogP contribution in [0.1, 0.15) is 13.3 Å². The lowest BCUT2D eigenvalue weighted by atomic mass is 10.4. The van der Waals surface area contributed by atoms with Crippen LogP contribution < -0.4 is 10.6 Å². The predicted molar refractivity (Wildman–Crippen MR) is 72.2 cm³/mol. The largest absolute Gasteiger partial charge is 0.394 e. The van der Waals surface area contributed by atoms with Gasteiger partial charge in [0.1, 0.15) is 10.8 Å². The van der Waals surface area contributed by atoms with E-state index in [0.29, 0.717) is 36.5 Å². The maximum absolute atomic E-state index is 8.54. The minimum absolute atomic E-state index is 0.0528. The second kappa shape index (κ2) is 8.91. The van der Waals surface area contributed by atoms with Crippen molar-refractivity contribution >= 4 is 23.4 Å².